The number of carbonyl (C=O) groups excluding carboxylic acids is 1. The van der Waals surface area contributed by atoms with E-state index in [1.54, 1.807) is 0 Å². The first-order chi connectivity index (χ1) is 9.52. The van der Waals surface area contributed by atoms with Gasteiger partial charge in [-0.3, -0.25) is 4.99 Å². The highest BCUT2D eigenvalue weighted by atomic mass is 35.5. The second kappa shape index (κ2) is 6.31. The van der Waals surface area contributed by atoms with Gasteiger partial charge in [-0.05, 0) is 37.5 Å². The fraction of sp³-hybridized carbons (Fsp3) is 0.571. The first-order valence-corrected chi connectivity index (χ1v) is 7.15. The number of carbonyl (C=O) groups is 1. The number of aliphatic imine (C=N–C) groups is 1. The maximum absolute atomic E-state index is 11.8. The normalized spacial score (nSPS) is 20.2. The molecule has 0 spiro atoms. The number of halogens is 1. The second-order valence-corrected chi connectivity index (χ2v) is 5.65. The van der Waals surface area contributed by atoms with Gasteiger partial charge in [-0.25, -0.2) is 4.79 Å². The van der Waals surface area contributed by atoms with Crippen molar-refractivity contribution in [3.05, 3.63) is 23.0 Å². The number of hydrogen-bond donors (Lipinski definition) is 2. The summed E-state index contributed by atoms with van der Waals surface area (Å²) in [6, 6.07) is 0. The lowest BCUT2D eigenvalue weighted by Crippen LogP contribution is -2.27. The van der Waals surface area contributed by atoms with Gasteiger partial charge in [0.15, 0.2) is 0 Å². The molecule has 5 nitrogen and oxygen atoms in total. The van der Waals surface area contributed by atoms with Crippen molar-refractivity contribution >= 4 is 23.4 Å². The highest BCUT2D eigenvalue weighted by Gasteiger charge is 2.28. The third-order valence-corrected chi connectivity index (χ3v) is 3.79. The molecule has 6 heteroatoms. The molecule has 0 aliphatic heterocycles. The van der Waals surface area contributed by atoms with E-state index in [9.17, 15) is 4.79 Å². The summed E-state index contributed by atoms with van der Waals surface area (Å²) < 4.78 is 4.73. The molecule has 2 rings (SSSR count). The highest BCUT2D eigenvalue weighted by molar-refractivity contribution is 6.44. The van der Waals surface area contributed by atoms with Crippen LogP contribution in [0.1, 0.15) is 25.7 Å². The first-order valence-electron chi connectivity index (χ1n) is 6.77. The average Bonchev–Trinajstić information content (AvgIpc) is 3.30. The summed E-state index contributed by atoms with van der Waals surface area (Å²) in [7, 11) is 1.30. The second-order valence-electron chi connectivity index (χ2n) is 5.27. The van der Waals surface area contributed by atoms with Crippen LogP contribution in [-0.4, -0.2) is 25.5 Å². The summed E-state index contributed by atoms with van der Waals surface area (Å²) in [5.74, 6) is 0.592. The van der Waals surface area contributed by atoms with E-state index in [4.69, 9.17) is 22.1 Å². The Labute approximate surface area is 123 Å². The van der Waals surface area contributed by atoms with Crippen LogP contribution in [0.4, 0.5) is 0 Å². The standard InChI is InChI=1S/C14H20ClN3O2/c1-8(10-5-6-10)18-12(14(19)20-2)11(15)13(16)17-7-9-3-4-9/h9-10,18H,1,3-7H2,2H3,(H2,16,17). The van der Waals surface area contributed by atoms with Crippen molar-refractivity contribution in [1.29, 1.82) is 0 Å². The van der Waals surface area contributed by atoms with E-state index in [-0.39, 0.29) is 16.6 Å². The number of nitrogens with one attached hydrogen (secondary N) is 1. The maximum Gasteiger partial charge on any atom is 0.356 e. The predicted molar refractivity (Wildman–Crippen MR) is 79.1 cm³/mol. The summed E-state index contributed by atoms with van der Waals surface area (Å²) in [4.78, 5) is 16.0. The number of nitrogens with two attached hydrogens (primary N) is 1. The summed E-state index contributed by atoms with van der Waals surface area (Å²) >= 11 is 6.16. The van der Waals surface area contributed by atoms with E-state index >= 15 is 0 Å². The molecule has 0 aromatic rings. The zero-order valence-corrected chi connectivity index (χ0v) is 12.4. The van der Waals surface area contributed by atoms with E-state index in [0.717, 1.165) is 18.5 Å². The third-order valence-electron chi connectivity index (χ3n) is 3.41. The van der Waals surface area contributed by atoms with Gasteiger partial charge in [0.25, 0.3) is 0 Å². The number of methoxy groups -OCH3 is 1. The van der Waals surface area contributed by atoms with Gasteiger partial charge in [0.1, 0.15) is 16.6 Å². The number of ether oxygens (including phenoxy) is 1. The summed E-state index contributed by atoms with van der Waals surface area (Å²) in [6.07, 6.45) is 4.50. The Morgan fingerprint density at radius 1 is 1.45 bits per heavy atom. The van der Waals surface area contributed by atoms with Crippen LogP contribution in [0.2, 0.25) is 0 Å². The van der Waals surface area contributed by atoms with Crippen LogP contribution in [0.3, 0.4) is 0 Å². The number of esters is 1. The molecule has 2 fully saturated rings. The molecule has 2 aliphatic rings. The minimum atomic E-state index is -0.568. The average molecular weight is 298 g/mol. The molecule has 0 bridgehead atoms. The van der Waals surface area contributed by atoms with E-state index in [1.807, 2.05) is 0 Å². The highest BCUT2D eigenvalue weighted by Crippen LogP contribution is 2.34. The smallest absolute Gasteiger partial charge is 0.356 e. The molecule has 0 atom stereocenters. The minimum Gasteiger partial charge on any atom is -0.464 e. The van der Waals surface area contributed by atoms with Gasteiger partial charge in [0, 0.05) is 12.2 Å². The number of allylic oxidation sites excluding steroid dienone is 1. The van der Waals surface area contributed by atoms with Crippen LogP contribution in [-0.2, 0) is 9.53 Å². The Balaban J connectivity index is 2.12. The van der Waals surface area contributed by atoms with Crippen LogP contribution < -0.4 is 11.1 Å². The van der Waals surface area contributed by atoms with Crippen LogP contribution in [0.15, 0.2) is 28.0 Å². The molecule has 0 heterocycles. The molecule has 2 saturated carbocycles. The van der Waals surface area contributed by atoms with Crippen LogP contribution in [0.5, 0.6) is 0 Å². The Hall–Kier alpha value is -1.49. The van der Waals surface area contributed by atoms with Gasteiger partial charge >= 0.3 is 5.97 Å². The number of nitrogens with zero attached hydrogens (tertiary/aromatic N) is 1. The van der Waals surface area contributed by atoms with Gasteiger partial charge in [-0.15, -0.1) is 0 Å². The number of amidine groups is 1. The molecule has 0 saturated heterocycles. The quantitative estimate of drug-likeness (QED) is 0.326. The maximum atomic E-state index is 11.8. The molecular weight excluding hydrogens is 278 g/mol. The molecule has 2 aliphatic carbocycles. The topological polar surface area (TPSA) is 76.7 Å². The zero-order valence-electron chi connectivity index (χ0n) is 11.6. The van der Waals surface area contributed by atoms with Gasteiger partial charge in [-0.1, -0.05) is 18.2 Å². The lowest BCUT2D eigenvalue weighted by Gasteiger charge is -2.13. The lowest BCUT2D eigenvalue weighted by atomic mass is 10.3. The van der Waals surface area contributed by atoms with Gasteiger partial charge < -0.3 is 15.8 Å². The fourth-order valence-corrected chi connectivity index (χ4v) is 1.90. The monoisotopic (exact) mass is 297 g/mol. The lowest BCUT2D eigenvalue weighted by molar-refractivity contribution is -0.136. The molecule has 0 aromatic heterocycles. The van der Waals surface area contributed by atoms with Crippen molar-refractivity contribution in [3.63, 3.8) is 0 Å². The number of hydrogen-bond acceptors (Lipinski definition) is 4. The first kappa shape index (κ1) is 14.9. The Morgan fingerprint density at radius 2 is 2.10 bits per heavy atom. The molecule has 0 aromatic carbocycles. The molecule has 110 valence electrons. The van der Waals surface area contributed by atoms with Gasteiger partial charge in [-0.2, -0.15) is 0 Å². The van der Waals surface area contributed by atoms with Crippen LogP contribution in [0, 0.1) is 11.8 Å². The Morgan fingerprint density at radius 3 is 2.60 bits per heavy atom. The molecule has 3 N–H and O–H groups in total. The largest absolute Gasteiger partial charge is 0.464 e. The predicted octanol–water partition coefficient (Wildman–Crippen LogP) is 1.89. The van der Waals surface area contributed by atoms with Crippen molar-refractivity contribution in [3.8, 4) is 0 Å². The van der Waals surface area contributed by atoms with E-state index in [0.29, 0.717) is 18.4 Å². The van der Waals surface area contributed by atoms with Crippen molar-refractivity contribution in [2.75, 3.05) is 13.7 Å². The van der Waals surface area contributed by atoms with E-state index in [2.05, 4.69) is 16.9 Å². The Bertz CT molecular complexity index is 477. The Kier molecular flexibility index (Phi) is 4.70. The van der Waals surface area contributed by atoms with Crippen molar-refractivity contribution in [1.82, 2.24) is 5.32 Å². The van der Waals surface area contributed by atoms with Gasteiger partial charge in [0.2, 0.25) is 0 Å². The van der Waals surface area contributed by atoms with Crippen molar-refractivity contribution in [2.45, 2.75) is 25.7 Å². The number of rotatable bonds is 7. The third kappa shape index (κ3) is 4.00. The van der Waals surface area contributed by atoms with Crippen LogP contribution >= 0.6 is 11.6 Å². The molecule has 0 radical (unpaired) electrons. The minimum absolute atomic E-state index is 0.0966. The molecule has 0 unspecified atom stereocenters. The summed E-state index contributed by atoms with van der Waals surface area (Å²) in [6.45, 7) is 4.56. The summed E-state index contributed by atoms with van der Waals surface area (Å²) in [5, 5.41) is 3.03. The SMILES string of the molecule is C=C(NC(C(=O)OC)=C(Cl)C(N)=NCC1CC1)C1CC1. The molecule has 20 heavy (non-hydrogen) atoms. The van der Waals surface area contributed by atoms with Gasteiger partial charge in [0.05, 0.1) is 7.11 Å². The van der Waals surface area contributed by atoms with E-state index < -0.39 is 5.97 Å². The van der Waals surface area contributed by atoms with Crippen molar-refractivity contribution < 1.29 is 9.53 Å². The van der Waals surface area contributed by atoms with Crippen LogP contribution in [0.25, 0.3) is 0 Å². The zero-order chi connectivity index (χ0) is 14.7. The summed E-state index contributed by atoms with van der Waals surface area (Å²) in [5.41, 5.74) is 6.71. The van der Waals surface area contributed by atoms with E-state index in [1.165, 1.54) is 20.0 Å². The molecule has 0 amide bonds. The van der Waals surface area contributed by atoms with Crippen molar-refractivity contribution in [2.24, 2.45) is 22.6 Å². The fourth-order valence-electron chi connectivity index (χ4n) is 1.72. The molecular formula is C14H20ClN3O2.